The standard InChI is InChI=1S/C22H19ClN2O6/c1-3-30-19(26)12-31-18-7-5-4-6-14(18)10-16-20(27)24-22(29)25(21(16)28)15-9-8-13(2)17(23)11-15/h4-11H,3,12H2,1-2H3,(H,24,27,29). The summed E-state index contributed by atoms with van der Waals surface area (Å²) >= 11 is 6.12. The highest BCUT2D eigenvalue weighted by molar-refractivity contribution is 6.39. The lowest BCUT2D eigenvalue weighted by Crippen LogP contribution is -2.54. The van der Waals surface area contributed by atoms with Crippen LogP contribution in [0.15, 0.2) is 48.0 Å². The number of nitrogens with one attached hydrogen (secondary N) is 1. The molecule has 1 aliphatic heterocycles. The Morgan fingerprint density at radius 2 is 1.90 bits per heavy atom. The maximum absolute atomic E-state index is 13.0. The summed E-state index contributed by atoms with van der Waals surface area (Å²) in [6.45, 7) is 3.35. The van der Waals surface area contributed by atoms with Gasteiger partial charge in [-0.25, -0.2) is 14.5 Å². The Hall–Kier alpha value is -3.65. The van der Waals surface area contributed by atoms with Crippen LogP contribution >= 0.6 is 11.6 Å². The summed E-state index contributed by atoms with van der Waals surface area (Å²) in [5.74, 6) is -1.94. The number of hydrogen-bond donors (Lipinski definition) is 1. The third-order valence-corrected chi connectivity index (χ3v) is 4.79. The second-order valence-corrected chi connectivity index (χ2v) is 6.93. The largest absolute Gasteiger partial charge is 0.481 e. The molecule has 9 heteroatoms. The molecule has 1 saturated heterocycles. The van der Waals surface area contributed by atoms with E-state index in [1.807, 2.05) is 0 Å². The van der Waals surface area contributed by atoms with Gasteiger partial charge >= 0.3 is 12.0 Å². The van der Waals surface area contributed by atoms with Gasteiger partial charge in [0, 0.05) is 10.6 Å². The first-order chi connectivity index (χ1) is 14.8. The molecule has 0 unspecified atom stereocenters. The van der Waals surface area contributed by atoms with E-state index in [0.717, 1.165) is 10.5 Å². The van der Waals surface area contributed by atoms with Gasteiger partial charge in [0.15, 0.2) is 6.61 Å². The van der Waals surface area contributed by atoms with Gasteiger partial charge in [-0.3, -0.25) is 14.9 Å². The molecule has 160 valence electrons. The van der Waals surface area contributed by atoms with Crippen LogP contribution in [0.4, 0.5) is 10.5 Å². The van der Waals surface area contributed by atoms with E-state index < -0.39 is 23.8 Å². The molecule has 1 fully saturated rings. The van der Waals surface area contributed by atoms with Crippen molar-refractivity contribution in [2.75, 3.05) is 18.1 Å². The van der Waals surface area contributed by atoms with Gasteiger partial charge in [-0.05, 0) is 43.7 Å². The number of urea groups is 1. The van der Waals surface area contributed by atoms with Crippen LogP contribution in [-0.2, 0) is 19.1 Å². The molecule has 3 rings (SSSR count). The van der Waals surface area contributed by atoms with E-state index in [0.29, 0.717) is 10.6 Å². The number of benzene rings is 2. The van der Waals surface area contributed by atoms with Gasteiger partial charge < -0.3 is 9.47 Å². The third kappa shape index (κ3) is 4.92. The van der Waals surface area contributed by atoms with Gasteiger partial charge in [-0.15, -0.1) is 0 Å². The van der Waals surface area contributed by atoms with Crippen LogP contribution < -0.4 is 15.0 Å². The summed E-state index contributed by atoms with van der Waals surface area (Å²) in [7, 11) is 0. The molecule has 0 spiro atoms. The molecule has 1 heterocycles. The van der Waals surface area contributed by atoms with E-state index in [4.69, 9.17) is 21.1 Å². The van der Waals surface area contributed by atoms with Gasteiger partial charge in [0.05, 0.1) is 12.3 Å². The van der Waals surface area contributed by atoms with Crippen LogP contribution in [-0.4, -0.2) is 37.0 Å². The smallest absolute Gasteiger partial charge is 0.344 e. The molecule has 2 aromatic carbocycles. The van der Waals surface area contributed by atoms with Crippen molar-refractivity contribution >= 4 is 47.2 Å². The van der Waals surface area contributed by atoms with Gasteiger partial charge in [0.25, 0.3) is 11.8 Å². The lowest BCUT2D eigenvalue weighted by Gasteiger charge is -2.26. The number of hydrogen-bond acceptors (Lipinski definition) is 6. The molecule has 0 saturated carbocycles. The Labute approximate surface area is 183 Å². The van der Waals surface area contributed by atoms with E-state index >= 15 is 0 Å². The van der Waals surface area contributed by atoms with Crippen molar-refractivity contribution in [3.8, 4) is 5.75 Å². The number of aryl methyl sites for hydroxylation is 1. The first kappa shape index (κ1) is 22.0. The highest BCUT2D eigenvalue weighted by Gasteiger charge is 2.37. The zero-order valence-corrected chi connectivity index (χ0v) is 17.6. The molecule has 4 amide bonds. The zero-order valence-electron chi connectivity index (χ0n) is 16.8. The summed E-state index contributed by atoms with van der Waals surface area (Å²) in [4.78, 5) is 50.2. The molecule has 0 bridgehead atoms. The summed E-state index contributed by atoms with van der Waals surface area (Å²) in [5, 5.41) is 2.52. The number of rotatable bonds is 6. The Balaban J connectivity index is 1.93. The molecule has 1 aliphatic rings. The van der Waals surface area contributed by atoms with Crippen LogP contribution in [0.1, 0.15) is 18.1 Å². The molecule has 2 aromatic rings. The van der Waals surface area contributed by atoms with Crippen molar-refractivity contribution < 1.29 is 28.7 Å². The van der Waals surface area contributed by atoms with Gasteiger partial charge in [-0.1, -0.05) is 35.9 Å². The van der Waals surface area contributed by atoms with E-state index in [2.05, 4.69) is 5.32 Å². The van der Waals surface area contributed by atoms with Crippen LogP contribution in [0.3, 0.4) is 0 Å². The minimum atomic E-state index is -0.876. The lowest BCUT2D eigenvalue weighted by atomic mass is 10.1. The average Bonchev–Trinajstić information content (AvgIpc) is 2.73. The highest BCUT2D eigenvalue weighted by atomic mass is 35.5. The summed E-state index contributed by atoms with van der Waals surface area (Å²) in [5.41, 5.74) is 1.10. The highest BCUT2D eigenvalue weighted by Crippen LogP contribution is 2.28. The number of amides is 4. The van der Waals surface area contributed by atoms with Gasteiger partial charge in [0.1, 0.15) is 11.3 Å². The molecular weight excluding hydrogens is 424 g/mol. The summed E-state index contributed by atoms with van der Waals surface area (Å²) in [6.07, 6.45) is 1.30. The van der Waals surface area contributed by atoms with Crippen molar-refractivity contribution in [2.45, 2.75) is 13.8 Å². The molecule has 0 aromatic heterocycles. The van der Waals surface area contributed by atoms with Crippen molar-refractivity contribution in [1.82, 2.24) is 5.32 Å². The fourth-order valence-electron chi connectivity index (χ4n) is 2.84. The van der Waals surface area contributed by atoms with Crippen molar-refractivity contribution in [3.63, 3.8) is 0 Å². The van der Waals surface area contributed by atoms with Crippen molar-refractivity contribution in [3.05, 3.63) is 64.2 Å². The second kappa shape index (κ2) is 9.44. The Bertz CT molecular complexity index is 1100. The molecule has 8 nitrogen and oxygen atoms in total. The van der Waals surface area contributed by atoms with Crippen LogP contribution in [0.25, 0.3) is 6.08 Å². The first-order valence-corrected chi connectivity index (χ1v) is 9.74. The normalized spacial score (nSPS) is 15.1. The number of carbonyl (C=O) groups excluding carboxylic acids is 4. The van der Waals surface area contributed by atoms with Gasteiger partial charge in [0.2, 0.25) is 0 Å². The van der Waals surface area contributed by atoms with E-state index in [1.165, 1.54) is 12.1 Å². The lowest BCUT2D eigenvalue weighted by molar-refractivity contribution is -0.145. The molecule has 1 N–H and O–H groups in total. The predicted octanol–water partition coefficient (Wildman–Crippen LogP) is 3.26. The number of esters is 1. The van der Waals surface area contributed by atoms with Crippen LogP contribution in [0.2, 0.25) is 5.02 Å². The Morgan fingerprint density at radius 1 is 1.16 bits per heavy atom. The number of nitrogens with zero attached hydrogens (tertiary/aromatic N) is 1. The fraction of sp³-hybridized carbons (Fsp3) is 0.182. The van der Waals surface area contributed by atoms with Crippen molar-refractivity contribution in [2.24, 2.45) is 0 Å². The quantitative estimate of drug-likeness (QED) is 0.418. The topological polar surface area (TPSA) is 102 Å². The number of halogens is 1. The second-order valence-electron chi connectivity index (χ2n) is 6.52. The minimum Gasteiger partial charge on any atom is -0.481 e. The van der Waals surface area contributed by atoms with E-state index in [9.17, 15) is 19.2 Å². The van der Waals surface area contributed by atoms with E-state index in [1.54, 1.807) is 50.2 Å². The number of carbonyl (C=O) groups is 4. The fourth-order valence-corrected chi connectivity index (χ4v) is 3.01. The van der Waals surface area contributed by atoms with Crippen LogP contribution in [0, 0.1) is 6.92 Å². The third-order valence-electron chi connectivity index (χ3n) is 4.38. The number of imide groups is 2. The predicted molar refractivity (Wildman–Crippen MR) is 114 cm³/mol. The molecule has 31 heavy (non-hydrogen) atoms. The van der Waals surface area contributed by atoms with Gasteiger partial charge in [-0.2, -0.15) is 0 Å². The minimum absolute atomic E-state index is 0.218. The molecule has 0 atom stereocenters. The maximum Gasteiger partial charge on any atom is 0.344 e. The monoisotopic (exact) mass is 442 g/mol. The number of anilines is 1. The maximum atomic E-state index is 13.0. The molecular formula is C22H19ClN2O6. The number of ether oxygens (including phenoxy) is 2. The number of barbiturate groups is 1. The zero-order chi connectivity index (χ0) is 22.5. The molecule has 0 radical (unpaired) electrons. The molecule has 0 aliphatic carbocycles. The summed E-state index contributed by atoms with van der Waals surface area (Å²) in [6, 6.07) is 10.4. The first-order valence-electron chi connectivity index (χ1n) is 9.37. The van der Waals surface area contributed by atoms with Crippen molar-refractivity contribution in [1.29, 1.82) is 0 Å². The Kier molecular flexibility index (Phi) is 6.71. The average molecular weight is 443 g/mol. The Morgan fingerprint density at radius 3 is 2.61 bits per heavy atom. The number of para-hydroxylation sites is 1. The van der Waals surface area contributed by atoms with Crippen LogP contribution in [0.5, 0.6) is 5.75 Å². The summed E-state index contributed by atoms with van der Waals surface area (Å²) < 4.78 is 10.3. The SMILES string of the molecule is CCOC(=O)COc1ccccc1C=C1C(=O)NC(=O)N(c2ccc(C)c(Cl)c2)C1=O. The van der Waals surface area contributed by atoms with E-state index in [-0.39, 0.29) is 30.2 Å².